The first-order valence-corrected chi connectivity index (χ1v) is 8.71. The standard InChI is InChI=1S/C17H21NO3.C3H5N/c1-11-8-14-4-5-15(9-17(14)20-10-11)19-7-6-16-12(2)21-13(3)18-16;1-2-3-4/h4-5,9,11H,6-8,10H2,1-3H3;2H2,1H3. The molecule has 0 N–H and O–H groups in total. The fourth-order valence-corrected chi connectivity index (χ4v) is 2.66. The average Bonchev–Trinajstić information content (AvgIpc) is 2.92. The van der Waals surface area contributed by atoms with Crippen LogP contribution < -0.4 is 9.47 Å². The number of nitriles is 1. The molecule has 0 spiro atoms. The number of ether oxygens (including phenoxy) is 2. The van der Waals surface area contributed by atoms with Crippen LogP contribution in [0.3, 0.4) is 0 Å². The molecule has 2 aromatic rings. The summed E-state index contributed by atoms with van der Waals surface area (Å²) >= 11 is 0. The van der Waals surface area contributed by atoms with Gasteiger partial charge in [0.05, 0.1) is 25.0 Å². The maximum atomic E-state index is 7.62. The van der Waals surface area contributed by atoms with Gasteiger partial charge < -0.3 is 13.9 Å². The summed E-state index contributed by atoms with van der Waals surface area (Å²) in [6.45, 7) is 9.19. The lowest BCUT2D eigenvalue weighted by Crippen LogP contribution is -2.18. The van der Waals surface area contributed by atoms with Crippen molar-refractivity contribution in [2.45, 2.75) is 47.0 Å². The first-order valence-electron chi connectivity index (χ1n) is 8.71. The Hall–Kier alpha value is -2.48. The van der Waals surface area contributed by atoms with Gasteiger partial charge in [-0.1, -0.05) is 19.9 Å². The van der Waals surface area contributed by atoms with E-state index in [0.29, 0.717) is 24.8 Å². The molecule has 0 radical (unpaired) electrons. The van der Waals surface area contributed by atoms with Crippen molar-refractivity contribution in [1.82, 2.24) is 4.98 Å². The van der Waals surface area contributed by atoms with Gasteiger partial charge in [-0.25, -0.2) is 4.98 Å². The molecule has 0 saturated heterocycles. The number of hydrogen-bond donors (Lipinski definition) is 0. The molecule has 1 unspecified atom stereocenters. The Morgan fingerprint density at radius 1 is 1.36 bits per heavy atom. The molecule has 1 atom stereocenters. The summed E-state index contributed by atoms with van der Waals surface area (Å²) in [5.74, 6) is 3.97. The molecular weight excluding hydrogens is 316 g/mol. The molecule has 0 saturated carbocycles. The third-order valence-corrected chi connectivity index (χ3v) is 3.90. The number of hydrogen-bond acceptors (Lipinski definition) is 5. The summed E-state index contributed by atoms with van der Waals surface area (Å²) in [6, 6.07) is 8.04. The lowest BCUT2D eigenvalue weighted by Gasteiger charge is -2.22. The van der Waals surface area contributed by atoms with Gasteiger partial charge in [-0.2, -0.15) is 5.26 Å². The van der Waals surface area contributed by atoms with E-state index in [-0.39, 0.29) is 0 Å². The van der Waals surface area contributed by atoms with E-state index in [4.69, 9.17) is 19.2 Å². The number of aromatic nitrogens is 1. The van der Waals surface area contributed by atoms with E-state index in [1.807, 2.05) is 39.0 Å². The van der Waals surface area contributed by atoms with Crippen molar-refractivity contribution in [3.63, 3.8) is 0 Å². The zero-order valence-electron chi connectivity index (χ0n) is 15.5. The summed E-state index contributed by atoms with van der Waals surface area (Å²) < 4.78 is 17.0. The number of rotatable bonds is 4. The molecule has 0 amide bonds. The van der Waals surface area contributed by atoms with Crippen LogP contribution in [0.1, 0.15) is 43.2 Å². The van der Waals surface area contributed by atoms with E-state index in [2.05, 4.69) is 18.0 Å². The van der Waals surface area contributed by atoms with Gasteiger partial charge in [-0.15, -0.1) is 0 Å². The molecule has 1 aliphatic rings. The quantitative estimate of drug-likeness (QED) is 0.823. The van der Waals surface area contributed by atoms with Crippen LogP contribution in [0.5, 0.6) is 11.5 Å². The van der Waals surface area contributed by atoms with Crippen LogP contribution in [0.4, 0.5) is 0 Å². The number of benzene rings is 1. The largest absolute Gasteiger partial charge is 0.493 e. The number of fused-ring (bicyclic) bond motifs is 1. The third-order valence-electron chi connectivity index (χ3n) is 3.90. The molecule has 1 aromatic heterocycles. The van der Waals surface area contributed by atoms with E-state index < -0.39 is 0 Å². The Labute approximate surface area is 149 Å². The molecule has 1 aromatic carbocycles. The summed E-state index contributed by atoms with van der Waals surface area (Å²) in [6.07, 6.45) is 2.45. The Morgan fingerprint density at radius 2 is 2.12 bits per heavy atom. The van der Waals surface area contributed by atoms with Gasteiger partial charge in [0, 0.05) is 25.8 Å². The topological polar surface area (TPSA) is 68.3 Å². The molecule has 5 nitrogen and oxygen atoms in total. The number of aryl methyl sites for hydroxylation is 2. The fraction of sp³-hybridized carbons (Fsp3) is 0.500. The molecule has 0 fully saturated rings. The Kier molecular flexibility index (Phi) is 6.88. The molecule has 134 valence electrons. The second kappa shape index (κ2) is 9.12. The van der Waals surface area contributed by atoms with Crippen molar-refractivity contribution in [3.8, 4) is 17.6 Å². The van der Waals surface area contributed by atoms with Crippen LogP contribution >= 0.6 is 0 Å². The van der Waals surface area contributed by atoms with Crippen molar-refractivity contribution in [2.75, 3.05) is 13.2 Å². The molecule has 1 aliphatic heterocycles. The highest BCUT2D eigenvalue weighted by Crippen LogP contribution is 2.30. The molecule has 5 heteroatoms. The second-order valence-corrected chi connectivity index (χ2v) is 6.24. The molecule has 0 aliphatic carbocycles. The fourth-order valence-electron chi connectivity index (χ4n) is 2.66. The normalized spacial score (nSPS) is 15.2. The van der Waals surface area contributed by atoms with Crippen molar-refractivity contribution >= 4 is 0 Å². The summed E-state index contributed by atoms with van der Waals surface area (Å²) in [7, 11) is 0. The highest BCUT2D eigenvalue weighted by Gasteiger charge is 2.16. The van der Waals surface area contributed by atoms with E-state index in [1.165, 1.54) is 5.56 Å². The highest BCUT2D eigenvalue weighted by atomic mass is 16.5. The van der Waals surface area contributed by atoms with Crippen LogP contribution in [0.15, 0.2) is 22.6 Å². The van der Waals surface area contributed by atoms with Gasteiger partial charge in [0.2, 0.25) is 0 Å². The minimum atomic E-state index is 0.585. The lowest BCUT2D eigenvalue weighted by molar-refractivity contribution is 0.231. The lowest BCUT2D eigenvalue weighted by atomic mass is 9.98. The Balaban J connectivity index is 0.000000511. The van der Waals surface area contributed by atoms with Gasteiger partial charge in [-0.05, 0) is 30.9 Å². The SMILES string of the molecule is CCC#N.Cc1nc(CCOc2ccc3c(c2)OCC(C)C3)c(C)o1. The van der Waals surface area contributed by atoms with Gasteiger partial charge in [0.25, 0.3) is 0 Å². The number of oxazole rings is 1. The van der Waals surface area contributed by atoms with Crippen LogP contribution in [0, 0.1) is 31.1 Å². The first kappa shape index (κ1) is 18.9. The molecule has 0 bridgehead atoms. The minimum absolute atomic E-state index is 0.585. The van der Waals surface area contributed by atoms with Gasteiger partial charge in [0.15, 0.2) is 5.89 Å². The van der Waals surface area contributed by atoms with Gasteiger partial charge in [-0.3, -0.25) is 0 Å². The molecule has 25 heavy (non-hydrogen) atoms. The number of nitrogens with zero attached hydrogens (tertiary/aromatic N) is 2. The summed E-state index contributed by atoms with van der Waals surface area (Å²) in [4.78, 5) is 4.35. The van der Waals surface area contributed by atoms with Crippen molar-refractivity contribution in [2.24, 2.45) is 5.92 Å². The molecule has 2 heterocycles. The summed E-state index contributed by atoms with van der Waals surface area (Å²) in [5, 5.41) is 7.62. The van der Waals surface area contributed by atoms with E-state index in [1.54, 1.807) is 0 Å². The van der Waals surface area contributed by atoms with Crippen LogP contribution in [0.2, 0.25) is 0 Å². The minimum Gasteiger partial charge on any atom is -0.493 e. The average molecular weight is 342 g/mol. The summed E-state index contributed by atoms with van der Waals surface area (Å²) in [5.41, 5.74) is 2.24. The zero-order valence-corrected chi connectivity index (χ0v) is 15.5. The third kappa shape index (κ3) is 5.53. The van der Waals surface area contributed by atoms with Crippen LogP contribution in [0.25, 0.3) is 0 Å². The van der Waals surface area contributed by atoms with Crippen molar-refractivity contribution in [1.29, 1.82) is 5.26 Å². The molecular formula is C20H26N2O3. The molecule has 3 rings (SSSR count). The van der Waals surface area contributed by atoms with Gasteiger partial charge >= 0.3 is 0 Å². The van der Waals surface area contributed by atoms with E-state index in [0.717, 1.165) is 42.4 Å². The smallest absolute Gasteiger partial charge is 0.191 e. The first-order chi connectivity index (χ1) is 12.0. The van der Waals surface area contributed by atoms with E-state index >= 15 is 0 Å². The second-order valence-electron chi connectivity index (χ2n) is 6.24. The highest BCUT2D eigenvalue weighted by molar-refractivity contribution is 5.42. The van der Waals surface area contributed by atoms with Crippen LogP contribution in [-0.4, -0.2) is 18.2 Å². The predicted octanol–water partition coefficient (Wildman–Crippen LogP) is 4.40. The van der Waals surface area contributed by atoms with Crippen molar-refractivity contribution < 1.29 is 13.9 Å². The van der Waals surface area contributed by atoms with E-state index in [9.17, 15) is 0 Å². The van der Waals surface area contributed by atoms with Gasteiger partial charge in [0.1, 0.15) is 17.3 Å². The monoisotopic (exact) mass is 342 g/mol. The predicted molar refractivity (Wildman–Crippen MR) is 95.9 cm³/mol. The maximum absolute atomic E-state index is 7.62. The Morgan fingerprint density at radius 3 is 2.76 bits per heavy atom. The van der Waals surface area contributed by atoms with Crippen molar-refractivity contribution in [3.05, 3.63) is 41.1 Å². The zero-order chi connectivity index (χ0) is 18.2. The maximum Gasteiger partial charge on any atom is 0.191 e. The Bertz CT molecular complexity index is 731. The van der Waals surface area contributed by atoms with Crippen LogP contribution in [-0.2, 0) is 12.8 Å².